The maximum atomic E-state index is 6.48. The lowest BCUT2D eigenvalue weighted by Gasteiger charge is -2.51. The van der Waals surface area contributed by atoms with Gasteiger partial charge in [-0.3, -0.25) is 4.90 Å². The molecule has 2 unspecified atom stereocenters. The maximum Gasteiger partial charge on any atom is 0.225 e. The zero-order chi connectivity index (χ0) is 19.7. The third kappa shape index (κ3) is 4.15. The van der Waals surface area contributed by atoms with Crippen molar-refractivity contribution >= 4 is 5.95 Å². The van der Waals surface area contributed by atoms with Gasteiger partial charge in [-0.25, -0.2) is 9.97 Å². The first-order valence-corrected chi connectivity index (χ1v) is 11.5. The fourth-order valence-corrected chi connectivity index (χ4v) is 5.82. The van der Waals surface area contributed by atoms with Crippen molar-refractivity contribution in [1.29, 1.82) is 0 Å². The van der Waals surface area contributed by atoms with Crippen LogP contribution in [0.5, 0.6) is 0 Å². The van der Waals surface area contributed by atoms with Crippen LogP contribution in [0.15, 0.2) is 12.4 Å². The Balaban J connectivity index is 1.25. The summed E-state index contributed by atoms with van der Waals surface area (Å²) in [4.78, 5) is 14.4. The summed E-state index contributed by atoms with van der Waals surface area (Å²) in [5.74, 6) is 1.46. The number of hydrogen-bond acceptors (Lipinski definition) is 7. The molecular formula is C22H35N5O2. The summed E-state index contributed by atoms with van der Waals surface area (Å²) in [5, 5.41) is 3.53. The van der Waals surface area contributed by atoms with Gasteiger partial charge in [0.1, 0.15) is 0 Å². The predicted molar refractivity (Wildman–Crippen MR) is 112 cm³/mol. The Hall–Kier alpha value is -1.28. The molecule has 7 nitrogen and oxygen atoms in total. The Labute approximate surface area is 174 Å². The van der Waals surface area contributed by atoms with Gasteiger partial charge < -0.3 is 19.7 Å². The lowest BCUT2D eigenvalue weighted by atomic mass is 9.84. The Morgan fingerprint density at radius 3 is 2.72 bits per heavy atom. The standard InChI is InChI=1S/C22H35N5O2/c1-2-17-12-24-21(25-13-17)26-6-8-29-22(16-26)9-19-3-4-20(10-22)27(19)14-18-11-23-5-7-28-15-18/h12-13,18-20,23H,2-11,14-16H2,1H3/t18?,19-,20+,22?. The number of aromatic nitrogens is 2. The summed E-state index contributed by atoms with van der Waals surface area (Å²) < 4.78 is 12.3. The predicted octanol–water partition coefficient (Wildman–Crippen LogP) is 1.48. The smallest absolute Gasteiger partial charge is 0.225 e. The molecule has 29 heavy (non-hydrogen) atoms. The minimum Gasteiger partial charge on any atom is -0.380 e. The fourth-order valence-electron chi connectivity index (χ4n) is 5.82. The van der Waals surface area contributed by atoms with Crippen LogP contribution in [-0.2, 0) is 15.9 Å². The van der Waals surface area contributed by atoms with Crippen LogP contribution in [0.2, 0.25) is 0 Å². The first-order chi connectivity index (χ1) is 14.2. The maximum absolute atomic E-state index is 6.48. The molecule has 4 fully saturated rings. The molecule has 1 spiro atoms. The van der Waals surface area contributed by atoms with E-state index in [-0.39, 0.29) is 5.60 Å². The van der Waals surface area contributed by atoms with Crippen molar-refractivity contribution < 1.29 is 9.47 Å². The average molecular weight is 402 g/mol. The molecule has 5 heterocycles. The lowest BCUT2D eigenvalue weighted by Crippen LogP contribution is -2.61. The summed E-state index contributed by atoms with van der Waals surface area (Å²) in [6.45, 7) is 9.69. The molecule has 5 rings (SSSR count). The van der Waals surface area contributed by atoms with E-state index in [0.717, 1.165) is 77.8 Å². The molecule has 0 radical (unpaired) electrons. The van der Waals surface area contributed by atoms with Gasteiger partial charge in [-0.05, 0) is 37.7 Å². The molecule has 4 aliphatic heterocycles. The zero-order valence-electron chi connectivity index (χ0n) is 17.7. The summed E-state index contributed by atoms with van der Waals surface area (Å²) in [7, 11) is 0. The van der Waals surface area contributed by atoms with E-state index in [4.69, 9.17) is 9.47 Å². The lowest BCUT2D eigenvalue weighted by molar-refractivity contribution is -0.113. The number of nitrogens with one attached hydrogen (secondary N) is 1. The van der Waals surface area contributed by atoms with E-state index in [1.807, 2.05) is 12.4 Å². The number of piperidine rings is 1. The number of morpholine rings is 1. The monoisotopic (exact) mass is 401 g/mol. The van der Waals surface area contributed by atoms with Crippen molar-refractivity contribution in [2.75, 3.05) is 57.4 Å². The van der Waals surface area contributed by atoms with E-state index in [0.29, 0.717) is 18.0 Å². The van der Waals surface area contributed by atoms with Crippen LogP contribution < -0.4 is 10.2 Å². The Bertz CT molecular complexity index is 662. The van der Waals surface area contributed by atoms with Crippen LogP contribution in [0, 0.1) is 5.92 Å². The summed E-state index contributed by atoms with van der Waals surface area (Å²) in [6, 6.07) is 1.28. The molecule has 0 aliphatic carbocycles. The highest BCUT2D eigenvalue weighted by atomic mass is 16.5. The minimum atomic E-state index is -0.0361. The number of nitrogens with zero attached hydrogens (tertiary/aromatic N) is 4. The third-order valence-electron chi connectivity index (χ3n) is 7.30. The number of rotatable bonds is 4. The number of fused-ring (bicyclic) bond motifs is 2. The molecule has 0 aromatic carbocycles. The Morgan fingerprint density at radius 2 is 1.97 bits per heavy atom. The summed E-state index contributed by atoms with van der Waals surface area (Å²) in [5.41, 5.74) is 1.16. The van der Waals surface area contributed by atoms with Crippen LogP contribution in [0.25, 0.3) is 0 Å². The number of hydrogen-bond donors (Lipinski definition) is 1. The highest BCUT2D eigenvalue weighted by molar-refractivity contribution is 5.32. The van der Waals surface area contributed by atoms with Crippen molar-refractivity contribution in [3.8, 4) is 0 Å². The molecule has 7 heteroatoms. The highest BCUT2D eigenvalue weighted by Gasteiger charge is 2.51. The molecule has 4 aliphatic rings. The quantitative estimate of drug-likeness (QED) is 0.820. The largest absolute Gasteiger partial charge is 0.380 e. The first-order valence-electron chi connectivity index (χ1n) is 11.5. The SMILES string of the molecule is CCc1cnc(N2CCOC3(C[C@H]4CC[C@@H](C3)N4CC3CNCCOC3)C2)nc1. The van der Waals surface area contributed by atoms with Gasteiger partial charge in [0, 0.05) is 56.6 Å². The summed E-state index contributed by atoms with van der Waals surface area (Å²) >= 11 is 0. The van der Waals surface area contributed by atoms with Gasteiger partial charge in [0.25, 0.3) is 0 Å². The molecular weight excluding hydrogens is 366 g/mol. The van der Waals surface area contributed by atoms with Gasteiger partial charge >= 0.3 is 0 Å². The van der Waals surface area contributed by atoms with Gasteiger partial charge in [0.15, 0.2) is 0 Å². The molecule has 0 amide bonds. The van der Waals surface area contributed by atoms with Crippen LogP contribution in [0.4, 0.5) is 5.95 Å². The van der Waals surface area contributed by atoms with E-state index in [1.54, 1.807) is 0 Å². The van der Waals surface area contributed by atoms with Crippen LogP contribution in [-0.4, -0.2) is 85.1 Å². The minimum absolute atomic E-state index is 0.0361. The average Bonchev–Trinajstić information content (AvgIpc) is 2.94. The van der Waals surface area contributed by atoms with E-state index >= 15 is 0 Å². The van der Waals surface area contributed by atoms with Crippen molar-refractivity contribution in [2.45, 2.75) is 56.7 Å². The first kappa shape index (κ1) is 19.7. The fraction of sp³-hybridized carbons (Fsp3) is 0.818. The molecule has 0 saturated carbocycles. The molecule has 160 valence electrons. The molecule has 2 bridgehead atoms. The molecule has 4 saturated heterocycles. The molecule has 1 aromatic heterocycles. The second kappa shape index (κ2) is 8.46. The van der Waals surface area contributed by atoms with Crippen molar-refractivity contribution in [2.24, 2.45) is 5.92 Å². The van der Waals surface area contributed by atoms with E-state index in [2.05, 4.69) is 32.0 Å². The normalized spacial score (nSPS) is 35.8. The van der Waals surface area contributed by atoms with Crippen LogP contribution >= 0.6 is 0 Å². The molecule has 1 N–H and O–H groups in total. The van der Waals surface area contributed by atoms with E-state index < -0.39 is 0 Å². The van der Waals surface area contributed by atoms with Gasteiger partial charge in [0.05, 0.1) is 32.0 Å². The van der Waals surface area contributed by atoms with Gasteiger partial charge in [-0.2, -0.15) is 0 Å². The second-order valence-corrected chi connectivity index (χ2v) is 9.33. The van der Waals surface area contributed by atoms with Crippen molar-refractivity contribution in [3.05, 3.63) is 18.0 Å². The zero-order valence-corrected chi connectivity index (χ0v) is 17.7. The number of ether oxygens (including phenoxy) is 2. The Morgan fingerprint density at radius 1 is 1.17 bits per heavy atom. The Kier molecular flexibility index (Phi) is 5.74. The van der Waals surface area contributed by atoms with Crippen LogP contribution in [0.1, 0.15) is 38.2 Å². The summed E-state index contributed by atoms with van der Waals surface area (Å²) in [6.07, 6.45) is 9.80. The van der Waals surface area contributed by atoms with E-state index in [1.165, 1.54) is 18.4 Å². The molecule has 1 aromatic rings. The third-order valence-corrected chi connectivity index (χ3v) is 7.30. The number of anilines is 1. The van der Waals surface area contributed by atoms with Gasteiger partial charge in [0.2, 0.25) is 5.95 Å². The second-order valence-electron chi connectivity index (χ2n) is 9.33. The van der Waals surface area contributed by atoms with Gasteiger partial charge in [-0.1, -0.05) is 6.92 Å². The highest BCUT2D eigenvalue weighted by Crippen LogP contribution is 2.44. The van der Waals surface area contributed by atoms with Gasteiger partial charge in [-0.15, -0.1) is 0 Å². The topological polar surface area (TPSA) is 62.8 Å². The number of aryl methyl sites for hydroxylation is 1. The molecule has 4 atom stereocenters. The van der Waals surface area contributed by atoms with Crippen molar-refractivity contribution in [3.63, 3.8) is 0 Å². The van der Waals surface area contributed by atoms with E-state index in [9.17, 15) is 0 Å². The van der Waals surface area contributed by atoms with Crippen molar-refractivity contribution in [1.82, 2.24) is 20.2 Å². The van der Waals surface area contributed by atoms with Crippen LogP contribution in [0.3, 0.4) is 0 Å².